The minimum atomic E-state index is -3.65. The van der Waals surface area contributed by atoms with E-state index in [1.165, 1.54) is 40.7 Å². The summed E-state index contributed by atoms with van der Waals surface area (Å²) in [7, 11) is -3.65. The number of benzene rings is 3. The molecule has 0 radical (unpaired) electrons. The molecule has 1 heterocycles. The van der Waals surface area contributed by atoms with Crippen LogP contribution < -0.4 is 5.32 Å². The highest BCUT2D eigenvalue weighted by Gasteiger charge is 2.29. The number of hydrogen-bond acceptors (Lipinski definition) is 7. The second-order valence-corrected chi connectivity index (χ2v) is 10.6. The van der Waals surface area contributed by atoms with Gasteiger partial charge in [0.2, 0.25) is 16.1 Å². The summed E-state index contributed by atoms with van der Waals surface area (Å²) in [4.78, 5) is 36.4. The van der Waals surface area contributed by atoms with Crippen molar-refractivity contribution in [2.24, 2.45) is 0 Å². The Hall–Kier alpha value is -3.80. The fourth-order valence-electron chi connectivity index (χ4n) is 3.83. The van der Waals surface area contributed by atoms with Gasteiger partial charge in [-0.15, -0.1) is 0 Å². The van der Waals surface area contributed by atoms with Crippen LogP contribution in [0.1, 0.15) is 34.9 Å². The number of halogens is 1. The number of sulfonamides is 1. The second kappa shape index (κ2) is 11.1. The number of nitrogens with one attached hydrogen (secondary N) is 1. The first-order valence-corrected chi connectivity index (χ1v) is 13.1. The van der Waals surface area contributed by atoms with Gasteiger partial charge in [-0.2, -0.15) is 4.31 Å². The Morgan fingerprint density at radius 3 is 2.24 bits per heavy atom. The van der Waals surface area contributed by atoms with E-state index in [1.54, 1.807) is 30.3 Å². The molecule has 1 aliphatic rings. The van der Waals surface area contributed by atoms with Crippen LogP contribution in [0.25, 0.3) is 0 Å². The van der Waals surface area contributed by atoms with E-state index in [1.807, 2.05) is 0 Å². The average molecular weight is 544 g/mol. The van der Waals surface area contributed by atoms with Gasteiger partial charge >= 0.3 is 5.97 Å². The summed E-state index contributed by atoms with van der Waals surface area (Å²) in [5.41, 5.74) is 0.289. The third-order valence-corrected chi connectivity index (χ3v) is 8.01. The lowest BCUT2D eigenvalue weighted by molar-refractivity contribution is -0.384. The van der Waals surface area contributed by atoms with Crippen molar-refractivity contribution in [3.05, 3.63) is 99.1 Å². The van der Waals surface area contributed by atoms with E-state index in [9.17, 15) is 28.1 Å². The van der Waals surface area contributed by atoms with Gasteiger partial charge in [-0.1, -0.05) is 41.9 Å². The van der Waals surface area contributed by atoms with Crippen molar-refractivity contribution in [1.29, 1.82) is 0 Å². The van der Waals surface area contributed by atoms with Crippen LogP contribution in [0, 0.1) is 10.1 Å². The summed E-state index contributed by atoms with van der Waals surface area (Å²) in [6.07, 6.45) is 0.225. The molecule has 10 nitrogen and oxygen atoms in total. The molecule has 192 valence electrons. The molecule has 0 saturated carbocycles. The lowest BCUT2D eigenvalue weighted by Crippen LogP contribution is -2.28. The smallest absolute Gasteiger partial charge is 0.339 e. The number of nitro groups is 1. The molecule has 1 amide bonds. The van der Waals surface area contributed by atoms with Crippen molar-refractivity contribution in [1.82, 2.24) is 4.31 Å². The first-order chi connectivity index (χ1) is 17.7. The van der Waals surface area contributed by atoms with Gasteiger partial charge in [0, 0.05) is 30.8 Å². The van der Waals surface area contributed by atoms with E-state index in [-0.39, 0.29) is 26.9 Å². The number of carbonyl (C=O) groups excluding carboxylic acids is 2. The predicted octanol–water partition coefficient (Wildman–Crippen LogP) is 4.57. The van der Waals surface area contributed by atoms with Crippen molar-refractivity contribution in [3.63, 3.8) is 0 Å². The van der Waals surface area contributed by atoms with E-state index < -0.39 is 32.9 Å². The minimum Gasteiger partial charge on any atom is -0.444 e. The second-order valence-electron chi connectivity index (χ2n) is 8.24. The van der Waals surface area contributed by atoms with Crippen LogP contribution in [-0.2, 0) is 19.6 Å². The quantitative estimate of drug-likeness (QED) is 0.249. The number of nitro benzene ring substituents is 1. The SMILES string of the molecule is O=C(O[C@@H](C(=O)Nc1ccc([N+](=O)[O-])cc1Cl)c1ccccc1)c1ccc(S(=O)(=O)N2CCCC2)cc1. The maximum absolute atomic E-state index is 13.1. The van der Waals surface area contributed by atoms with Crippen LogP contribution in [0.5, 0.6) is 0 Å². The Labute approximate surface area is 218 Å². The van der Waals surface area contributed by atoms with Crippen molar-refractivity contribution in [2.45, 2.75) is 23.8 Å². The average Bonchev–Trinajstić information content (AvgIpc) is 3.45. The number of non-ortho nitro benzene ring substituents is 1. The molecule has 0 aliphatic carbocycles. The largest absolute Gasteiger partial charge is 0.444 e. The first-order valence-electron chi connectivity index (χ1n) is 11.3. The van der Waals surface area contributed by atoms with Gasteiger partial charge in [0.1, 0.15) is 0 Å². The van der Waals surface area contributed by atoms with Crippen molar-refractivity contribution < 1.29 is 27.7 Å². The molecular formula is C25H22ClN3O7S. The van der Waals surface area contributed by atoms with Crippen LogP contribution >= 0.6 is 11.6 Å². The van der Waals surface area contributed by atoms with Gasteiger partial charge in [0.05, 0.1) is 26.1 Å². The molecule has 3 aromatic rings. The predicted molar refractivity (Wildman–Crippen MR) is 136 cm³/mol. The molecule has 37 heavy (non-hydrogen) atoms. The van der Waals surface area contributed by atoms with Crippen LogP contribution in [-0.4, -0.2) is 42.6 Å². The van der Waals surface area contributed by atoms with Crippen LogP contribution in [0.2, 0.25) is 5.02 Å². The van der Waals surface area contributed by atoms with Gasteiger partial charge in [-0.25, -0.2) is 13.2 Å². The summed E-state index contributed by atoms with van der Waals surface area (Å²) < 4.78 is 32.4. The minimum absolute atomic E-state index is 0.0578. The zero-order valence-electron chi connectivity index (χ0n) is 19.4. The first kappa shape index (κ1) is 26.3. The normalized spacial score (nSPS) is 14.6. The van der Waals surface area contributed by atoms with Gasteiger partial charge < -0.3 is 10.1 Å². The molecule has 12 heteroatoms. The number of carbonyl (C=O) groups is 2. The fraction of sp³-hybridized carbons (Fsp3) is 0.200. The number of hydrogen-bond donors (Lipinski definition) is 1. The molecule has 1 saturated heterocycles. The number of esters is 1. The summed E-state index contributed by atoms with van der Waals surface area (Å²) in [5, 5.41) is 13.4. The molecule has 1 fully saturated rings. The van der Waals surface area contributed by atoms with Crippen LogP contribution in [0.4, 0.5) is 11.4 Å². The highest BCUT2D eigenvalue weighted by Crippen LogP contribution is 2.29. The van der Waals surface area contributed by atoms with Gasteiger partial charge in [-0.05, 0) is 43.2 Å². The van der Waals surface area contributed by atoms with Crippen molar-refractivity contribution in [3.8, 4) is 0 Å². The van der Waals surface area contributed by atoms with Crippen LogP contribution in [0.3, 0.4) is 0 Å². The molecule has 0 aromatic heterocycles. The summed E-state index contributed by atoms with van der Waals surface area (Å²) in [6, 6.07) is 17.1. The molecule has 0 unspecified atom stereocenters. The zero-order chi connectivity index (χ0) is 26.6. The summed E-state index contributed by atoms with van der Waals surface area (Å²) >= 11 is 6.09. The van der Waals surface area contributed by atoms with E-state index in [0.29, 0.717) is 18.7 Å². The monoisotopic (exact) mass is 543 g/mol. The molecule has 3 aromatic carbocycles. The van der Waals surface area contributed by atoms with E-state index in [4.69, 9.17) is 16.3 Å². The number of nitrogens with zero attached hydrogens (tertiary/aromatic N) is 2. The van der Waals surface area contributed by atoms with Gasteiger partial charge in [0.15, 0.2) is 0 Å². The molecule has 0 bridgehead atoms. The topological polar surface area (TPSA) is 136 Å². The summed E-state index contributed by atoms with van der Waals surface area (Å²) in [5.74, 6) is -1.58. The standard InChI is InChI=1S/C25H22ClN3O7S/c26-21-16-19(29(32)33)10-13-22(21)27-24(30)23(17-6-2-1-3-7-17)36-25(31)18-8-11-20(12-9-18)37(34,35)28-14-4-5-15-28/h1-3,6-13,16,23H,4-5,14-15H2,(H,27,30)/t23-/m1/s1. The molecule has 1 aliphatic heterocycles. The molecule has 0 spiro atoms. The number of ether oxygens (including phenoxy) is 1. The maximum Gasteiger partial charge on any atom is 0.339 e. The highest BCUT2D eigenvalue weighted by atomic mass is 35.5. The third kappa shape index (κ3) is 5.96. The van der Waals surface area contributed by atoms with E-state index >= 15 is 0 Å². The van der Waals surface area contributed by atoms with Gasteiger partial charge in [-0.3, -0.25) is 14.9 Å². The highest BCUT2D eigenvalue weighted by molar-refractivity contribution is 7.89. The lowest BCUT2D eigenvalue weighted by Gasteiger charge is -2.19. The van der Waals surface area contributed by atoms with Crippen molar-refractivity contribution in [2.75, 3.05) is 18.4 Å². The Bertz CT molecular complexity index is 1420. The Kier molecular flexibility index (Phi) is 7.86. The molecule has 4 rings (SSSR count). The zero-order valence-corrected chi connectivity index (χ0v) is 20.9. The summed E-state index contributed by atoms with van der Waals surface area (Å²) in [6.45, 7) is 0.914. The van der Waals surface area contributed by atoms with E-state index in [0.717, 1.165) is 18.9 Å². The fourth-order valence-corrected chi connectivity index (χ4v) is 5.57. The third-order valence-electron chi connectivity index (χ3n) is 5.78. The van der Waals surface area contributed by atoms with Crippen LogP contribution in [0.15, 0.2) is 77.7 Å². The molecule has 1 atom stereocenters. The maximum atomic E-state index is 13.1. The lowest BCUT2D eigenvalue weighted by atomic mass is 10.1. The van der Waals surface area contributed by atoms with Gasteiger partial charge in [0.25, 0.3) is 11.6 Å². The number of amides is 1. The Morgan fingerprint density at radius 2 is 1.65 bits per heavy atom. The number of rotatable bonds is 8. The molecule has 1 N–H and O–H groups in total. The Morgan fingerprint density at radius 1 is 1.00 bits per heavy atom. The van der Waals surface area contributed by atoms with Crippen molar-refractivity contribution >= 4 is 44.9 Å². The Balaban J connectivity index is 1.54. The number of anilines is 1. The van der Waals surface area contributed by atoms with E-state index in [2.05, 4.69) is 5.32 Å². The molecular weight excluding hydrogens is 522 g/mol.